The van der Waals surface area contributed by atoms with E-state index in [0.29, 0.717) is 5.92 Å². The highest BCUT2D eigenvalue weighted by molar-refractivity contribution is 9.10. The van der Waals surface area contributed by atoms with E-state index in [1.54, 1.807) is 0 Å². The Morgan fingerprint density at radius 2 is 2.00 bits per heavy atom. The molecule has 1 aromatic rings. The number of likely N-dealkylation sites (tertiary alicyclic amines) is 1. The molecule has 0 aromatic heterocycles. The quantitative estimate of drug-likeness (QED) is 0.576. The predicted molar refractivity (Wildman–Crippen MR) is 105 cm³/mol. The maximum absolute atomic E-state index is 12.1. The summed E-state index contributed by atoms with van der Waals surface area (Å²) in [6.07, 6.45) is 3.21. The van der Waals surface area contributed by atoms with E-state index in [1.165, 1.54) is 16.9 Å². The maximum Gasteiger partial charge on any atom is 0.410 e. The molecular weight excluding hydrogens is 386 g/mol. The van der Waals surface area contributed by atoms with Gasteiger partial charge in [0.2, 0.25) is 0 Å². The summed E-state index contributed by atoms with van der Waals surface area (Å²) < 4.78 is 6.59. The van der Waals surface area contributed by atoms with Crippen LogP contribution in [0.3, 0.4) is 0 Å². The highest BCUT2D eigenvalue weighted by Gasteiger charge is 2.26. The number of benzene rings is 1. The zero-order valence-electron chi connectivity index (χ0n) is 15.1. The van der Waals surface area contributed by atoms with E-state index in [-0.39, 0.29) is 6.09 Å². The third-order valence-electron chi connectivity index (χ3n) is 4.19. The summed E-state index contributed by atoms with van der Waals surface area (Å²) in [6, 6.07) is 6.46. The Balaban J connectivity index is 1.70. The van der Waals surface area contributed by atoms with Gasteiger partial charge in [-0.25, -0.2) is 4.79 Å². The highest BCUT2D eigenvalue weighted by atomic mass is 79.9. The van der Waals surface area contributed by atoms with Crippen molar-refractivity contribution in [3.63, 3.8) is 0 Å². The van der Waals surface area contributed by atoms with Crippen molar-refractivity contribution in [2.75, 3.05) is 18.8 Å². The van der Waals surface area contributed by atoms with Gasteiger partial charge in [0.05, 0.1) is 0 Å². The molecule has 0 aliphatic carbocycles. The average molecular weight is 414 g/mol. The zero-order valence-corrected chi connectivity index (χ0v) is 17.5. The van der Waals surface area contributed by atoms with Crippen molar-refractivity contribution < 1.29 is 9.53 Å². The standard InChI is InChI=1S/C19H28BrNO2S/c1-14-13-16(20)5-6-17(14)24-12-9-15-7-10-21(11-8-15)18(22)23-19(2,3)4/h5-6,13,15H,7-12H2,1-4H3. The van der Waals surface area contributed by atoms with Gasteiger partial charge in [0.25, 0.3) is 0 Å². The third kappa shape index (κ3) is 6.32. The number of carbonyl (C=O) groups is 1. The molecule has 134 valence electrons. The summed E-state index contributed by atoms with van der Waals surface area (Å²) >= 11 is 5.45. The Morgan fingerprint density at radius 3 is 2.58 bits per heavy atom. The number of aryl methyl sites for hydroxylation is 1. The number of halogens is 1. The van der Waals surface area contributed by atoms with Crippen LogP contribution in [0.4, 0.5) is 4.79 Å². The Bertz CT molecular complexity index is 563. The van der Waals surface area contributed by atoms with Crippen LogP contribution in [0.1, 0.15) is 45.6 Å². The summed E-state index contributed by atoms with van der Waals surface area (Å²) in [6.45, 7) is 9.55. The van der Waals surface area contributed by atoms with Crippen LogP contribution in [0.5, 0.6) is 0 Å². The van der Waals surface area contributed by atoms with E-state index in [9.17, 15) is 4.79 Å². The minimum absolute atomic E-state index is 0.166. The fourth-order valence-corrected chi connectivity index (χ4v) is 4.44. The van der Waals surface area contributed by atoms with Crippen LogP contribution in [-0.2, 0) is 4.74 Å². The monoisotopic (exact) mass is 413 g/mol. The summed E-state index contributed by atoms with van der Waals surface area (Å²) in [7, 11) is 0. The van der Waals surface area contributed by atoms with E-state index in [0.717, 1.165) is 36.2 Å². The van der Waals surface area contributed by atoms with Crippen LogP contribution in [0.15, 0.2) is 27.6 Å². The molecule has 1 aromatic carbocycles. The van der Waals surface area contributed by atoms with E-state index in [1.807, 2.05) is 37.4 Å². The van der Waals surface area contributed by atoms with Crippen molar-refractivity contribution in [2.24, 2.45) is 5.92 Å². The van der Waals surface area contributed by atoms with Crippen molar-refractivity contribution in [2.45, 2.75) is 57.5 Å². The molecule has 0 spiro atoms. The van der Waals surface area contributed by atoms with Gasteiger partial charge in [-0.15, -0.1) is 11.8 Å². The Kier molecular flexibility index (Phi) is 7.05. The number of nitrogens with zero attached hydrogens (tertiary/aromatic N) is 1. The Labute approximate surface area is 158 Å². The SMILES string of the molecule is Cc1cc(Br)ccc1SCCC1CCN(C(=O)OC(C)(C)C)CC1. The maximum atomic E-state index is 12.1. The van der Waals surface area contributed by atoms with Crippen LogP contribution < -0.4 is 0 Å². The molecule has 1 amide bonds. The number of ether oxygens (including phenoxy) is 1. The number of hydrogen-bond acceptors (Lipinski definition) is 3. The number of rotatable bonds is 4. The molecule has 0 saturated carbocycles. The van der Waals surface area contributed by atoms with Gasteiger partial charge in [0.15, 0.2) is 0 Å². The molecule has 5 heteroatoms. The largest absolute Gasteiger partial charge is 0.444 e. The molecule has 0 bridgehead atoms. The lowest BCUT2D eigenvalue weighted by Crippen LogP contribution is -2.41. The minimum atomic E-state index is -0.410. The van der Waals surface area contributed by atoms with Crippen LogP contribution in [-0.4, -0.2) is 35.4 Å². The average Bonchev–Trinajstić information content (AvgIpc) is 2.48. The Morgan fingerprint density at radius 1 is 1.33 bits per heavy atom. The second-order valence-corrected chi connectivity index (χ2v) is 9.51. The molecule has 1 aliphatic rings. The van der Waals surface area contributed by atoms with Gasteiger partial charge in [0.1, 0.15) is 5.60 Å². The van der Waals surface area contributed by atoms with Crippen molar-refractivity contribution in [3.8, 4) is 0 Å². The second-order valence-electron chi connectivity index (χ2n) is 7.46. The van der Waals surface area contributed by atoms with Crippen molar-refractivity contribution in [1.29, 1.82) is 0 Å². The lowest BCUT2D eigenvalue weighted by atomic mass is 9.95. The van der Waals surface area contributed by atoms with Crippen LogP contribution >= 0.6 is 27.7 Å². The van der Waals surface area contributed by atoms with Crippen LogP contribution in [0.25, 0.3) is 0 Å². The Hall–Kier alpha value is -0.680. The predicted octanol–water partition coefficient (Wildman–Crippen LogP) is 5.89. The lowest BCUT2D eigenvalue weighted by Gasteiger charge is -2.33. The smallest absolute Gasteiger partial charge is 0.410 e. The van der Waals surface area contributed by atoms with Crippen LogP contribution in [0, 0.1) is 12.8 Å². The molecular formula is C19H28BrNO2S. The first-order valence-electron chi connectivity index (χ1n) is 8.61. The number of hydrogen-bond donors (Lipinski definition) is 0. The summed E-state index contributed by atoms with van der Waals surface area (Å²) in [5.41, 5.74) is 0.918. The van der Waals surface area contributed by atoms with Gasteiger partial charge in [-0.3, -0.25) is 0 Å². The van der Waals surface area contributed by atoms with Crippen molar-refractivity contribution in [1.82, 2.24) is 4.90 Å². The summed E-state index contributed by atoms with van der Waals surface area (Å²) in [5.74, 6) is 1.85. The number of carbonyl (C=O) groups excluding carboxylic acids is 1. The molecule has 0 atom stereocenters. The molecule has 2 rings (SSSR count). The molecule has 0 N–H and O–H groups in total. The number of piperidine rings is 1. The molecule has 24 heavy (non-hydrogen) atoms. The number of amides is 1. The first-order chi connectivity index (χ1) is 11.2. The van der Waals surface area contributed by atoms with Gasteiger partial charge in [-0.2, -0.15) is 0 Å². The molecule has 1 heterocycles. The van der Waals surface area contributed by atoms with E-state index >= 15 is 0 Å². The van der Waals surface area contributed by atoms with E-state index < -0.39 is 5.60 Å². The van der Waals surface area contributed by atoms with E-state index in [4.69, 9.17) is 4.74 Å². The molecule has 1 aliphatic heterocycles. The van der Waals surface area contributed by atoms with Crippen molar-refractivity contribution >= 4 is 33.8 Å². The van der Waals surface area contributed by atoms with Crippen LogP contribution in [0.2, 0.25) is 0 Å². The summed E-state index contributed by atoms with van der Waals surface area (Å²) in [4.78, 5) is 15.3. The first-order valence-corrected chi connectivity index (χ1v) is 10.4. The molecule has 3 nitrogen and oxygen atoms in total. The molecule has 1 fully saturated rings. The lowest BCUT2D eigenvalue weighted by molar-refractivity contribution is 0.0183. The zero-order chi connectivity index (χ0) is 17.7. The van der Waals surface area contributed by atoms with Gasteiger partial charge >= 0.3 is 6.09 Å². The van der Waals surface area contributed by atoms with Gasteiger partial charge in [-0.05, 0) is 82.4 Å². The highest BCUT2D eigenvalue weighted by Crippen LogP contribution is 2.29. The topological polar surface area (TPSA) is 29.5 Å². The van der Waals surface area contributed by atoms with Gasteiger partial charge in [0, 0.05) is 22.5 Å². The fraction of sp³-hybridized carbons (Fsp3) is 0.632. The summed E-state index contributed by atoms with van der Waals surface area (Å²) in [5, 5.41) is 0. The van der Waals surface area contributed by atoms with E-state index in [2.05, 4.69) is 41.1 Å². The first kappa shape index (κ1) is 19.6. The van der Waals surface area contributed by atoms with Gasteiger partial charge < -0.3 is 9.64 Å². The number of thioether (sulfide) groups is 1. The minimum Gasteiger partial charge on any atom is -0.444 e. The second kappa shape index (κ2) is 8.61. The molecule has 1 saturated heterocycles. The third-order valence-corrected chi connectivity index (χ3v) is 5.89. The normalized spacial score (nSPS) is 16.3. The van der Waals surface area contributed by atoms with Gasteiger partial charge in [-0.1, -0.05) is 15.9 Å². The molecule has 0 radical (unpaired) electrons. The van der Waals surface area contributed by atoms with Crippen molar-refractivity contribution in [3.05, 3.63) is 28.2 Å². The fourth-order valence-electron chi connectivity index (χ4n) is 2.84. The molecule has 0 unspecified atom stereocenters.